The van der Waals surface area contributed by atoms with Crippen molar-refractivity contribution >= 4 is 40.7 Å². The Balaban J connectivity index is 1.69. The minimum Gasteiger partial charge on any atom is -0.365 e. The van der Waals surface area contributed by atoms with Gasteiger partial charge in [-0.2, -0.15) is 10.1 Å². The number of hydrogen-bond acceptors (Lipinski definition) is 6. The molecule has 0 saturated carbocycles. The molecule has 0 unspecified atom stereocenters. The molecule has 0 aliphatic rings. The first-order chi connectivity index (χ1) is 11.2. The smallest absolute Gasteiger partial charge is 0.249 e. The second kappa shape index (κ2) is 7.21. The molecule has 0 fully saturated rings. The van der Waals surface area contributed by atoms with Gasteiger partial charge < -0.3 is 10.6 Å². The fourth-order valence-electron chi connectivity index (χ4n) is 1.89. The summed E-state index contributed by atoms with van der Waals surface area (Å²) in [7, 11) is 0. The van der Waals surface area contributed by atoms with E-state index < -0.39 is 0 Å². The van der Waals surface area contributed by atoms with E-state index in [0.29, 0.717) is 34.0 Å². The van der Waals surface area contributed by atoms with Crippen molar-refractivity contribution in [2.45, 2.75) is 6.54 Å². The molecule has 0 atom stereocenters. The van der Waals surface area contributed by atoms with Crippen molar-refractivity contribution in [3.8, 4) is 0 Å². The fourth-order valence-corrected chi connectivity index (χ4v) is 2.42. The molecule has 0 saturated heterocycles. The van der Waals surface area contributed by atoms with Crippen LogP contribution >= 0.6 is 23.2 Å². The van der Waals surface area contributed by atoms with Crippen LogP contribution in [0.25, 0.3) is 0 Å². The molecule has 0 aliphatic heterocycles. The van der Waals surface area contributed by atoms with E-state index in [-0.39, 0.29) is 0 Å². The zero-order chi connectivity index (χ0) is 16.1. The third-order valence-corrected chi connectivity index (χ3v) is 3.34. The Morgan fingerprint density at radius 1 is 1.00 bits per heavy atom. The zero-order valence-electron chi connectivity index (χ0n) is 11.9. The summed E-state index contributed by atoms with van der Waals surface area (Å²) in [5.41, 5.74) is 1.78. The molecule has 0 radical (unpaired) electrons. The molecule has 1 aromatic carbocycles. The summed E-state index contributed by atoms with van der Waals surface area (Å²) in [6.45, 7) is 0.615. The maximum Gasteiger partial charge on any atom is 0.249 e. The topological polar surface area (TPSA) is 75.6 Å². The number of hydrogen-bond donors (Lipinski definition) is 2. The van der Waals surface area contributed by atoms with E-state index in [4.69, 9.17) is 23.2 Å². The predicted octanol–water partition coefficient (Wildman–Crippen LogP) is 3.93. The van der Waals surface area contributed by atoms with Crippen LogP contribution in [0.15, 0.2) is 48.9 Å². The van der Waals surface area contributed by atoms with Crippen LogP contribution in [-0.4, -0.2) is 20.2 Å². The Hall–Kier alpha value is -2.44. The molecular formula is C15H12Cl2N6. The van der Waals surface area contributed by atoms with Gasteiger partial charge in [0.2, 0.25) is 5.95 Å². The van der Waals surface area contributed by atoms with Gasteiger partial charge in [0.1, 0.15) is 0 Å². The number of rotatable bonds is 5. The number of anilines is 3. The van der Waals surface area contributed by atoms with E-state index >= 15 is 0 Å². The molecule has 2 heterocycles. The first-order valence-corrected chi connectivity index (χ1v) is 7.50. The summed E-state index contributed by atoms with van der Waals surface area (Å²) in [5, 5.41) is 15.1. The molecule has 0 bridgehead atoms. The fraction of sp³-hybridized carbons (Fsp3) is 0.0667. The van der Waals surface area contributed by atoms with Crippen molar-refractivity contribution in [2.75, 3.05) is 10.6 Å². The standard InChI is InChI=1S/C15H12Cl2N6/c16-11-5-12(17)7-13(6-11)21-15-22-14(9-20-23-15)19-8-10-1-3-18-4-2-10/h1-7,9H,8H2,(H2,19,21,22,23). The van der Waals surface area contributed by atoms with E-state index in [1.807, 2.05) is 12.1 Å². The van der Waals surface area contributed by atoms with Gasteiger partial charge in [-0.25, -0.2) is 0 Å². The molecule has 3 rings (SSSR count). The van der Waals surface area contributed by atoms with Crippen LogP contribution in [0.2, 0.25) is 10.0 Å². The van der Waals surface area contributed by atoms with Gasteiger partial charge in [0.25, 0.3) is 0 Å². The highest BCUT2D eigenvalue weighted by atomic mass is 35.5. The summed E-state index contributed by atoms with van der Waals surface area (Å²) in [5.74, 6) is 0.954. The summed E-state index contributed by atoms with van der Waals surface area (Å²) in [4.78, 5) is 8.32. The van der Waals surface area contributed by atoms with Crippen molar-refractivity contribution in [3.63, 3.8) is 0 Å². The van der Waals surface area contributed by atoms with Crippen molar-refractivity contribution in [3.05, 3.63) is 64.5 Å². The van der Waals surface area contributed by atoms with Gasteiger partial charge in [0.15, 0.2) is 5.82 Å². The number of nitrogens with one attached hydrogen (secondary N) is 2. The highest BCUT2D eigenvalue weighted by Gasteiger charge is 2.03. The molecule has 0 spiro atoms. The molecule has 2 aromatic heterocycles. The van der Waals surface area contributed by atoms with E-state index in [9.17, 15) is 0 Å². The summed E-state index contributed by atoms with van der Waals surface area (Å²) in [6, 6.07) is 8.96. The first kappa shape index (κ1) is 15.5. The lowest BCUT2D eigenvalue weighted by molar-refractivity contribution is 0.965. The van der Waals surface area contributed by atoms with E-state index in [1.165, 1.54) is 0 Å². The Morgan fingerprint density at radius 2 is 1.74 bits per heavy atom. The SMILES string of the molecule is Clc1cc(Cl)cc(Nc2nncc(NCc3ccncc3)n2)c1. The largest absolute Gasteiger partial charge is 0.365 e. The zero-order valence-corrected chi connectivity index (χ0v) is 13.4. The number of benzene rings is 1. The first-order valence-electron chi connectivity index (χ1n) is 6.75. The molecule has 2 N–H and O–H groups in total. The number of halogens is 2. The maximum atomic E-state index is 5.97. The predicted molar refractivity (Wildman–Crippen MR) is 91.1 cm³/mol. The Kier molecular flexibility index (Phi) is 4.85. The average Bonchev–Trinajstić information content (AvgIpc) is 2.53. The minimum atomic E-state index is 0.350. The van der Waals surface area contributed by atoms with Crippen LogP contribution < -0.4 is 10.6 Å². The molecule has 23 heavy (non-hydrogen) atoms. The van der Waals surface area contributed by atoms with Gasteiger partial charge in [-0.3, -0.25) is 4.98 Å². The van der Waals surface area contributed by atoms with Gasteiger partial charge in [0.05, 0.1) is 6.20 Å². The van der Waals surface area contributed by atoms with Crippen molar-refractivity contribution < 1.29 is 0 Å². The van der Waals surface area contributed by atoms with Crippen molar-refractivity contribution in [1.82, 2.24) is 20.2 Å². The highest BCUT2D eigenvalue weighted by molar-refractivity contribution is 6.35. The van der Waals surface area contributed by atoms with Gasteiger partial charge in [-0.1, -0.05) is 23.2 Å². The number of pyridine rings is 1. The Bertz CT molecular complexity index is 777. The van der Waals surface area contributed by atoms with Crippen LogP contribution in [0.4, 0.5) is 17.5 Å². The van der Waals surface area contributed by atoms with Crippen LogP contribution in [0.1, 0.15) is 5.56 Å². The molecule has 3 aromatic rings. The van der Waals surface area contributed by atoms with Gasteiger partial charge >= 0.3 is 0 Å². The quantitative estimate of drug-likeness (QED) is 0.728. The maximum absolute atomic E-state index is 5.97. The minimum absolute atomic E-state index is 0.350. The van der Waals surface area contributed by atoms with Crippen LogP contribution in [0.5, 0.6) is 0 Å². The van der Waals surface area contributed by atoms with Crippen molar-refractivity contribution in [1.29, 1.82) is 0 Å². The van der Waals surface area contributed by atoms with E-state index in [2.05, 4.69) is 30.8 Å². The lowest BCUT2D eigenvalue weighted by Gasteiger charge is -2.08. The molecule has 0 amide bonds. The van der Waals surface area contributed by atoms with E-state index in [1.54, 1.807) is 36.8 Å². The number of nitrogens with zero attached hydrogens (tertiary/aromatic N) is 4. The lowest BCUT2D eigenvalue weighted by atomic mass is 10.3. The summed E-state index contributed by atoms with van der Waals surface area (Å²) < 4.78 is 0. The van der Waals surface area contributed by atoms with Crippen LogP contribution in [0, 0.1) is 0 Å². The van der Waals surface area contributed by atoms with Crippen molar-refractivity contribution in [2.24, 2.45) is 0 Å². The van der Waals surface area contributed by atoms with Gasteiger partial charge in [-0.15, -0.1) is 5.10 Å². The normalized spacial score (nSPS) is 10.3. The van der Waals surface area contributed by atoms with Crippen LogP contribution in [0.3, 0.4) is 0 Å². The lowest BCUT2D eigenvalue weighted by Crippen LogP contribution is -2.05. The second-order valence-electron chi connectivity index (χ2n) is 4.66. The summed E-state index contributed by atoms with van der Waals surface area (Å²) >= 11 is 11.9. The average molecular weight is 347 g/mol. The van der Waals surface area contributed by atoms with Crippen LogP contribution in [-0.2, 0) is 6.54 Å². The van der Waals surface area contributed by atoms with Gasteiger partial charge in [-0.05, 0) is 35.9 Å². The van der Waals surface area contributed by atoms with E-state index in [0.717, 1.165) is 5.56 Å². The molecular weight excluding hydrogens is 335 g/mol. The monoisotopic (exact) mass is 346 g/mol. The third-order valence-electron chi connectivity index (χ3n) is 2.90. The van der Waals surface area contributed by atoms with Gasteiger partial charge in [0, 0.05) is 34.7 Å². The molecule has 116 valence electrons. The second-order valence-corrected chi connectivity index (χ2v) is 5.53. The number of aromatic nitrogens is 4. The third kappa shape index (κ3) is 4.51. The molecule has 0 aliphatic carbocycles. The summed E-state index contributed by atoms with van der Waals surface area (Å²) in [6.07, 6.45) is 5.04. The Morgan fingerprint density at radius 3 is 2.48 bits per heavy atom. The molecule has 8 heteroatoms. The Labute approximate surface area is 142 Å². The highest BCUT2D eigenvalue weighted by Crippen LogP contribution is 2.24. The molecule has 6 nitrogen and oxygen atoms in total.